The molecule has 0 aliphatic heterocycles. The number of alkyl halides is 3. The van der Waals surface area contributed by atoms with Gasteiger partial charge in [-0.25, -0.2) is 4.39 Å². The van der Waals surface area contributed by atoms with E-state index in [1.54, 1.807) is 0 Å². The highest BCUT2D eigenvalue weighted by molar-refractivity contribution is 5.57. The monoisotopic (exact) mass is 288 g/mol. The van der Waals surface area contributed by atoms with Gasteiger partial charge in [-0.3, -0.25) is 0 Å². The molecule has 0 fully saturated rings. The van der Waals surface area contributed by atoms with E-state index in [1.165, 1.54) is 7.11 Å². The number of nitrogens with two attached hydrogens (primary N) is 1. The van der Waals surface area contributed by atoms with Crippen LogP contribution in [0.4, 0.5) is 23.5 Å². The molecule has 0 radical (unpaired) electrons. The Morgan fingerprint density at radius 2 is 1.85 bits per heavy atom. The average molecular weight is 288 g/mol. The highest BCUT2D eigenvalue weighted by Crippen LogP contribution is 2.33. The molecule has 20 heavy (non-hydrogen) atoms. The number of benzene rings is 1. The van der Waals surface area contributed by atoms with Crippen molar-refractivity contribution in [2.45, 2.75) is 6.18 Å². The molecule has 1 heterocycles. The molecular weight excluding hydrogens is 280 g/mol. The number of anilines is 1. The quantitative estimate of drug-likeness (QED) is 0.858. The number of nitrogen functional groups attached to an aromatic ring is 1. The van der Waals surface area contributed by atoms with E-state index in [-0.39, 0.29) is 23.3 Å². The first-order valence-corrected chi connectivity index (χ1v) is 5.24. The fourth-order valence-electron chi connectivity index (χ4n) is 1.48. The number of rotatable bonds is 2. The third-order valence-electron chi connectivity index (χ3n) is 2.35. The Kier molecular flexibility index (Phi) is 3.43. The third kappa shape index (κ3) is 2.76. The summed E-state index contributed by atoms with van der Waals surface area (Å²) in [5, 5.41) is 0. The van der Waals surface area contributed by atoms with Crippen molar-refractivity contribution in [2.75, 3.05) is 12.8 Å². The van der Waals surface area contributed by atoms with E-state index in [9.17, 15) is 17.6 Å². The van der Waals surface area contributed by atoms with E-state index in [0.29, 0.717) is 12.1 Å². The average Bonchev–Trinajstić information content (AvgIpc) is 2.36. The largest absolute Gasteiger partial charge is 0.467 e. The molecule has 2 N–H and O–H groups in total. The van der Waals surface area contributed by atoms with Gasteiger partial charge in [-0.1, -0.05) is 6.07 Å². The van der Waals surface area contributed by atoms with Crippen LogP contribution < -0.4 is 10.5 Å². The zero-order valence-electron chi connectivity index (χ0n) is 10.1. The zero-order chi connectivity index (χ0) is 14.9. The Balaban J connectivity index is 2.49. The van der Waals surface area contributed by atoms with Crippen LogP contribution in [0.25, 0.3) is 11.4 Å². The number of nitrogens with zero attached hydrogens (tertiary/aromatic N) is 3. The lowest BCUT2D eigenvalue weighted by molar-refractivity contribution is -0.139. The maximum atomic E-state index is 13.5. The van der Waals surface area contributed by atoms with E-state index in [0.717, 1.165) is 6.07 Å². The first-order chi connectivity index (χ1) is 9.31. The molecule has 0 saturated carbocycles. The first-order valence-electron chi connectivity index (χ1n) is 5.24. The summed E-state index contributed by atoms with van der Waals surface area (Å²) < 4.78 is 55.5. The Hall–Kier alpha value is -2.45. The van der Waals surface area contributed by atoms with Gasteiger partial charge in [0.25, 0.3) is 0 Å². The Morgan fingerprint density at radius 3 is 2.40 bits per heavy atom. The van der Waals surface area contributed by atoms with E-state index in [2.05, 4.69) is 15.0 Å². The summed E-state index contributed by atoms with van der Waals surface area (Å²) in [5.74, 6) is -1.69. The fraction of sp³-hybridized carbons (Fsp3) is 0.182. The third-order valence-corrected chi connectivity index (χ3v) is 2.35. The molecule has 0 spiro atoms. The van der Waals surface area contributed by atoms with Gasteiger partial charge < -0.3 is 10.5 Å². The topological polar surface area (TPSA) is 73.9 Å². The molecule has 0 atom stereocenters. The molecule has 0 aliphatic carbocycles. The lowest BCUT2D eigenvalue weighted by Gasteiger charge is -2.09. The summed E-state index contributed by atoms with van der Waals surface area (Å²) >= 11 is 0. The summed E-state index contributed by atoms with van der Waals surface area (Å²) in [7, 11) is 1.28. The van der Waals surface area contributed by atoms with Crippen molar-refractivity contribution < 1.29 is 22.3 Å². The summed E-state index contributed by atoms with van der Waals surface area (Å²) in [6.07, 6.45) is -4.77. The van der Waals surface area contributed by atoms with E-state index >= 15 is 0 Å². The summed E-state index contributed by atoms with van der Waals surface area (Å²) in [5.41, 5.74) is 4.06. The minimum absolute atomic E-state index is 0.0305. The van der Waals surface area contributed by atoms with Crippen LogP contribution in [0.3, 0.4) is 0 Å². The molecule has 1 aromatic heterocycles. The van der Waals surface area contributed by atoms with Gasteiger partial charge in [0.2, 0.25) is 5.95 Å². The van der Waals surface area contributed by atoms with Crippen LogP contribution in [0, 0.1) is 5.82 Å². The SMILES string of the molecule is COc1nc(N)nc(-c2ccc(C(F)(F)F)c(F)c2)n1. The molecule has 0 amide bonds. The molecule has 2 rings (SSSR count). The van der Waals surface area contributed by atoms with Crippen LogP contribution in [0.15, 0.2) is 18.2 Å². The molecule has 2 aromatic rings. The van der Waals surface area contributed by atoms with Crippen molar-refractivity contribution in [1.82, 2.24) is 15.0 Å². The number of aromatic nitrogens is 3. The van der Waals surface area contributed by atoms with Gasteiger partial charge in [-0.05, 0) is 12.1 Å². The highest BCUT2D eigenvalue weighted by Gasteiger charge is 2.34. The number of ether oxygens (including phenoxy) is 1. The molecule has 5 nitrogen and oxygen atoms in total. The van der Waals surface area contributed by atoms with E-state index in [4.69, 9.17) is 10.5 Å². The van der Waals surface area contributed by atoms with Crippen LogP contribution in [0.2, 0.25) is 0 Å². The number of halogens is 4. The summed E-state index contributed by atoms with van der Waals surface area (Å²) in [6, 6.07) is 2.21. The van der Waals surface area contributed by atoms with Gasteiger partial charge in [-0.2, -0.15) is 28.1 Å². The predicted octanol–water partition coefficient (Wildman–Crippen LogP) is 2.29. The van der Waals surface area contributed by atoms with Crippen molar-refractivity contribution >= 4 is 5.95 Å². The molecule has 9 heteroatoms. The zero-order valence-corrected chi connectivity index (χ0v) is 10.1. The van der Waals surface area contributed by atoms with Crippen molar-refractivity contribution in [3.8, 4) is 17.4 Å². The van der Waals surface area contributed by atoms with Gasteiger partial charge in [0, 0.05) is 5.56 Å². The van der Waals surface area contributed by atoms with Crippen LogP contribution >= 0.6 is 0 Å². The molecule has 0 saturated heterocycles. The summed E-state index contributed by atoms with van der Waals surface area (Å²) in [6.45, 7) is 0. The smallest absolute Gasteiger partial charge is 0.419 e. The second-order valence-electron chi connectivity index (χ2n) is 3.70. The van der Waals surface area contributed by atoms with Crippen LogP contribution in [-0.4, -0.2) is 22.1 Å². The van der Waals surface area contributed by atoms with Gasteiger partial charge in [0.15, 0.2) is 5.82 Å². The van der Waals surface area contributed by atoms with Crippen LogP contribution in [0.1, 0.15) is 5.56 Å². The second kappa shape index (κ2) is 4.91. The minimum atomic E-state index is -4.77. The fourth-order valence-corrected chi connectivity index (χ4v) is 1.48. The minimum Gasteiger partial charge on any atom is -0.467 e. The normalized spacial score (nSPS) is 11.4. The summed E-state index contributed by atoms with van der Waals surface area (Å²) in [4.78, 5) is 11.1. The standard InChI is InChI=1S/C11H8F4N4O/c1-20-10-18-8(17-9(16)19-10)5-2-3-6(7(12)4-5)11(13,14)15/h2-4H,1H3,(H2,16,17,18,19). The molecule has 0 unspecified atom stereocenters. The maximum absolute atomic E-state index is 13.5. The van der Waals surface area contributed by atoms with Crippen molar-refractivity contribution in [3.63, 3.8) is 0 Å². The van der Waals surface area contributed by atoms with Gasteiger partial charge in [0.1, 0.15) is 5.82 Å². The number of hydrogen-bond acceptors (Lipinski definition) is 5. The first kappa shape index (κ1) is 14.0. The Bertz CT molecular complexity index is 645. The maximum Gasteiger partial charge on any atom is 0.419 e. The van der Waals surface area contributed by atoms with Gasteiger partial charge in [0.05, 0.1) is 12.7 Å². The van der Waals surface area contributed by atoms with Gasteiger partial charge >= 0.3 is 12.2 Å². The molecule has 0 aliphatic rings. The highest BCUT2D eigenvalue weighted by atomic mass is 19.4. The molecular formula is C11H8F4N4O. The Labute approximate surface area is 110 Å². The van der Waals surface area contributed by atoms with E-state index < -0.39 is 17.6 Å². The molecule has 106 valence electrons. The number of hydrogen-bond donors (Lipinski definition) is 1. The second-order valence-corrected chi connectivity index (χ2v) is 3.70. The van der Waals surface area contributed by atoms with Crippen molar-refractivity contribution in [3.05, 3.63) is 29.6 Å². The van der Waals surface area contributed by atoms with Crippen LogP contribution in [0.5, 0.6) is 6.01 Å². The Morgan fingerprint density at radius 1 is 1.15 bits per heavy atom. The number of methoxy groups -OCH3 is 1. The van der Waals surface area contributed by atoms with E-state index in [1.807, 2.05) is 0 Å². The van der Waals surface area contributed by atoms with Gasteiger partial charge in [-0.15, -0.1) is 0 Å². The molecule has 1 aromatic carbocycles. The lowest BCUT2D eigenvalue weighted by Crippen LogP contribution is -2.08. The lowest BCUT2D eigenvalue weighted by atomic mass is 10.1. The van der Waals surface area contributed by atoms with Crippen molar-refractivity contribution in [2.24, 2.45) is 0 Å². The van der Waals surface area contributed by atoms with Crippen molar-refractivity contribution in [1.29, 1.82) is 0 Å². The molecule has 0 bridgehead atoms. The van der Waals surface area contributed by atoms with Crippen LogP contribution in [-0.2, 0) is 6.18 Å². The predicted molar refractivity (Wildman–Crippen MR) is 61.2 cm³/mol.